The maximum atomic E-state index is 11.3. The second-order valence-electron chi connectivity index (χ2n) is 5.36. The van der Waals surface area contributed by atoms with E-state index in [1.54, 1.807) is 24.3 Å². The van der Waals surface area contributed by atoms with Crippen LogP contribution in [0.3, 0.4) is 0 Å². The molecule has 0 saturated carbocycles. The number of carboxylic acid groups (broad SMARTS) is 1. The molecule has 0 aromatic heterocycles. The topological polar surface area (TPSA) is 139 Å². The Morgan fingerprint density at radius 3 is 2.52 bits per heavy atom. The van der Waals surface area contributed by atoms with Crippen molar-refractivity contribution in [1.82, 2.24) is 0 Å². The first-order valence-electron chi connectivity index (χ1n) is 7.20. The van der Waals surface area contributed by atoms with Crippen LogP contribution in [0.5, 0.6) is 5.75 Å². The molecule has 1 aromatic carbocycles. The number of nitrogen functional groups attached to an aromatic ring is 1. The molecule has 9 heteroatoms. The maximum absolute atomic E-state index is 11.3. The minimum absolute atomic E-state index is 0. The number of rotatable bonds is 10. The van der Waals surface area contributed by atoms with Crippen LogP contribution in [-0.4, -0.2) is 40.4 Å². The highest BCUT2D eigenvalue weighted by atomic mass is 35.5. The highest BCUT2D eigenvalue weighted by molar-refractivity contribution is 6.40. The summed E-state index contributed by atoms with van der Waals surface area (Å²) in [5.41, 5.74) is 10.7. The summed E-state index contributed by atoms with van der Waals surface area (Å²) in [6.45, 7) is 0.162. The molecule has 1 rings (SSSR count). The first-order chi connectivity index (χ1) is 10.3. The van der Waals surface area contributed by atoms with Crippen LogP contribution in [0.4, 0.5) is 5.69 Å². The van der Waals surface area contributed by atoms with Gasteiger partial charge in [0.05, 0.1) is 6.61 Å². The molecule has 1 atom stereocenters. The van der Waals surface area contributed by atoms with Crippen LogP contribution in [-0.2, 0) is 4.79 Å². The third-order valence-electron chi connectivity index (χ3n) is 3.44. The monoisotopic (exact) mass is 346 g/mol. The summed E-state index contributed by atoms with van der Waals surface area (Å²) in [7, 11) is -1.37. The Kier molecular flexibility index (Phi) is 9.67. The summed E-state index contributed by atoms with van der Waals surface area (Å²) < 4.78 is 5.47. The first kappa shape index (κ1) is 21.5. The van der Waals surface area contributed by atoms with Crippen LogP contribution < -0.4 is 16.2 Å². The van der Waals surface area contributed by atoms with Gasteiger partial charge in [-0.05, 0) is 24.9 Å². The van der Waals surface area contributed by atoms with Crippen molar-refractivity contribution in [3.8, 4) is 5.75 Å². The van der Waals surface area contributed by atoms with E-state index in [9.17, 15) is 9.90 Å². The minimum atomic E-state index is -1.39. The van der Waals surface area contributed by atoms with Gasteiger partial charge in [-0.15, -0.1) is 12.4 Å². The molecule has 0 fully saturated rings. The van der Waals surface area contributed by atoms with E-state index in [1.165, 1.54) is 0 Å². The van der Waals surface area contributed by atoms with Crippen LogP contribution in [0, 0.1) is 0 Å². The molecule has 1 unspecified atom stereocenters. The molecule has 0 aliphatic carbocycles. The maximum Gasteiger partial charge on any atom is 0.451 e. The van der Waals surface area contributed by atoms with Gasteiger partial charge in [0, 0.05) is 18.2 Å². The molecule has 0 heterocycles. The number of unbranched alkanes of at least 4 members (excludes halogenated alkanes) is 1. The Morgan fingerprint density at radius 1 is 1.26 bits per heavy atom. The molecule has 0 amide bonds. The van der Waals surface area contributed by atoms with Gasteiger partial charge in [0.2, 0.25) is 0 Å². The van der Waals surface area contributed by atoms with Gasteiger partial charge in [-0.1, -0.05) is 18.9 Å². The molecule has 1 aromatic rings. The van der Waals surface area contributed by atoms with Crippen molar-refractivity contribution < 1.29 is 24.7 Å². The van der Waals surface area contributed by atoms with Gasteiger partial charge >= 0.3 is 13.1 Å². The zero-order valence-electron chi connectivity index (χ0n) is 12.9. The van der Waals surface area contributed by atoms with Gasteiger partial charge in [0.25, 0.3) is 0 Å². The standard InChI is InChI=1S/C14H23BN2O5.ClH/c16-11-4-3-5-12(10-11)22-9-7-14(17,13(18)19)6-1-2-8-15(20)21;/h3-5,10,20-21H,1-2,6-9,16-17H2,(H,18,19);1H. The van der Waals surface area contributed by atoms with Crippen molar-refractivity contribution in [1.29, 1.82) is 0 Å². The fraction of sp³-hybridized carbons (Fsp3) is 0.500. The number of hydrogen-bond acceptors (Lipinski definition) is 6. The van der Waals surface area contributed by atoms with E-state index in [0.717, 1.165) is 0 Å². The van der Waals surface area contributed by atoms with Gasteiger partial charge in [-0.3, -0.25) is 4.79 Å². The third-order valence-corrected chi connectivity index (χ3v) is 3.44. The van der Waals surface area contributed by atoms with E-state index in [4.69, 9.17) is 26.3 Å². The Labute approximate surface area is 142 Å². The second-order valence-corrected chi connectivity index (χ2v) is 5.36. The van der Waals surface area contributed by atoms with Crippen molar-refractivity contribution in [2.75, 3.05) is 12.3 Å². The number of nitrogens with two attached hydrogens (primary N) is 2. The Hall–Kier alpha value is -1.48. The van der Waals surface area contributed by atoms with E-state index in [2.05, 4.69) is 0 Å². The predicted octanol–water partition coefficient (Wildman–Crippen LogP) is 0.885. The number of carbonyl (C=O) groups is 1. The third kappa shape index (κ3) is 8.08. The van der Waals surface area contributed by atoms with Gasteiger partial charge < -0.3 is 31.4 Å². The lowest BCUT2D eigenvalue weighted by Crippen LogP contribution is -2.49. The van der Waals surface area contributed by atoms with Crippen molar-refractivity contribution in [2.45, 2.75) is 37.5 Å². The molecular weight excluding hydrogens is 322 g/mol. The summed E-state index contributed by atoms with van der Waals surface area (Å²) in [5, 5.41) is 26.8. The van der Waals surface area contributed by atoms with Gasteiger partial charge in [-0.25, -0.2) is 0 Å². The molecule has 0 saturated heterocycles. The Morgan fingerprint density at radius 2 is 1.96 bits per heavy atom. The summed E-state index contributed by atoms with van der Waals surface area (Å²) in [6, 6.07) is 6.87. The number of ether oxygens (including phenoxy) is 1. The minimum Gasteiger partial charge on any atom is -0.493 e. The normalized spacial score (nSPS) is 12.8. The van der Waals surface area contributed by atoms with Crippen molar-refractivity contribution in [3.63, 3.8) is 0 Å². The highest BCUT2D eigenvalue weighted by Crippen LogP contribution is 2.20. The van der Waals surface area contributed by atoms with E-state index in [0.29, 0.717) is 24.3 Å². The van der Waals surface area contributed by atoms with Gasteiger partial charge in [-0.2, -0.15) is 0 Å². The smallest absolute Gasteiger partial charge is 0.451 e. The lowest BCUT2D eigenvalue weighted by molar-refractivity contribution is -0.144. The molecule has 7 N–H and O–H groups in total. The average Bonchev–Trinajstić information content (AvgIpc) is 2.43. The molecule has 0 aliphatic rings. The lowest BCUT2D eigenvalue weighted by Gasteiger charge is -2.24. The molecule has 0 spiro atoms. The summed E-state index contributed by atoms with van der Waals surface area (Å²) in [6.07, 6.45) is 1.60. The van der Waals surface area contributed by atoms with E-state index >= 15 is 0 Å². The van der Waals surface area contributed by atoms with E-state index < -0.39 is 18.6 Å². The highest BCUT2D eigenvalue weighted by Gasteiger charge is 2.33. The molecule has 0 radical (unpaired) electrons. The van der Waals surface area contributed by atoms with Crippen molar-refractivity contribution in [3.05, 3.63) is 24.3 Å². The molecule has 0 bridgehead atoms. The van der Waals surface area contributed by atoms with Crippen LogP contribution in [0.2, 0.25) is 6.32 Å². The van der Waals surface area contributed by atoms with E-state index in [-0.39, 0.29) is 38.2 Å². The fourth-order valence-electron chi connectivity index (χ4n) is 2.06. The number of benzene rings is 1. The molecule has 130 valence electrons. The number of carboxylic acids is 1. The first-order valence-corrected chi connectivity index (χ1v) is 7.20. The Bertz CT molecular complexity index is 492. The van der Waals surface area contributed by atoms with Crippen LogP contribution in [0.1, 0.15) is 25.7 Å². The van der Waals surface area contributed by atoms with Gasteiger partial charge in [0.15, 0.2) is 0 Å². The molecule has 0 aliphatic heterocycles. The fourth-order valence-corrected chi connectivity index (χ4v) is 2.06. The lowest BCUT2D eigenvalue weighted by atomic mass is 9.81. The van der Waals surface area contributed by atoms with Crippen LogP contribution >= 0.6 is 12.4 Å². The SMILES string of the molecule is Cl.Nc1cccc(OCCC(N)(CCCCB(O)O)C(=O)O)c1. The molecule has 23 heavy (non-hydrogen) atoms. The van der Waals surface area contributed by atoms with Crippen LogP contribution in [0.25, 0.3) is 0 Å². The zero-order valence-corrected chi connectivity index (χ0v) is 13.7. The number of hydrogen-bond donors (Lipinski definition) is 5. The second kappa shape index (κ2) is 10.3. The molecule has 7 nitrogen and oxygen atoms in total. The number of anilines is 1. The van der Waals surface area contributed by atoms with Gasteiger partial charge in [0.1, 0.15) is 11.3 Å². The average molecular weight is 347 g/mol. The molecular formula is C14H24BClN2O5. The summed E-state index contributed by atoms with van der Waals surface area (Å²) >= 11 is 0. The summed E-state index contributed by atoms with van der Waals surface area (Å²) in [4.78, 5) is 11.3. The quantitative estimate of drug-likeness (QED) is 0.241. The van der Waals surface area contributed by atoms with Crippen LogP contribution in [0.15, 0.2) is 24.3 Å². The predicted molar refractivity (Wildman–Crippen MR) is 91.6 cm³/mol. The zero-order chi connectivity index (χ0) is 16.6. The largest absolute Gasteiger partial charge is 0.493 e. The van der Waals surface area contributed by atoms with Crippen molar-refractivity contribution >= 4 is 31.2 Å². The summed E-state index contributed by atoms with van der Waals surface area (Å²) in [5.74, 6) is -0.524. The Balaban J connectivity index is 0.00000484. The number of halogens is 1. The van der Waals surface area contributed by atoms with E-state index in [1.807, 2.05) is 0 Å². The number of aliphatic carboxylic acids is 1. The van der Waals surface area contributed by atoms with Crippen molar-refractivity contribution in [2.24, 2.45) is 5.73 Å².